The molecule has 10 heteroatoms. The molecule has 2 aromatic carbocycles. The molecule has 0 aliphatic carbocycles. The second-order valence-electron chi connectivity index (χ2n) is 7.79. The number of amides is 2. The Morgan fingerprint density at radius 1 is 1.03 bits per heavy atom. The van der Waals surface area contributed by atoms with Crippen LogP contribution >= 0.6 is 23.8 Å². The van der Waals surface area contributed by atoms with Crippen LogP contribution in [0.25, 0.3) is 0 Å². The normalized spacial score (nSPS) is 13.3. The van der Waals surface area contributed by atoms with E-state index in [4.69, 9.17) is 33.3 Å². The van der Waals surface area contributed by atoms with E-state index in [0.29, 0.717) is 47.3 Å². The van der Waals surface area contributed by atoms with Crippen molar-refractivity contribution in [3.05, 3.63) is 47.0 Å². The van der Waals surface area contributed by atoms with Crippen molar-refractivity contribution >= 4 is 52.1 Å². The highest BCUT2D eigenvalue weighted by Gasteiger charge is 2.22. The molecule has 0 bridgehead atoms. The number of benzene rings is 2. The number of thiocarbonyl (C=S) groups is 1. The predicted octanol–water partition coefficient (Wildman–Crippen LogP) is 3.93. The number of methoxy groups -OCH3 is 2. The van der Waals surface area contributed by atoms with Gasteiger partial charge in [-0.3, -0.25) is 14.9 Å². The van der Waals surface area contributed by atoms with Crippen LogP contribution in [0, 0.1) is 0 Å². The van der Waals surface area contributed by atoms with Crippen molar-refractivity contribution in [1.29, 1.82) is 0 Å². The standard InChI is InChI=1S/C24H29ClN4O4S/c1-4-5-22(30)29-10-8-28(9-11-29)21-7-6-17(14-20(21)25)26-24(34)27-23(31)16-12-18(32-2)15-19(13-16)33-3/h6-7,12-15H,4-5,8-11H2,1-3H3,(H2,26,27,31,34). The molecule has 3 rings (SSSR count). The summed E-state index contributed by atoms with van der Waals surface area (Å²) in [5.74, 6) is 0.811. The van der Waals surface area contributed by atoms with Crippen molar-refractivity contribution in [2.24, 2.45) is 0 Å². The molecule has 1 fully saturated rings. The monoisotopic (exact) mass is 504 g/mol. The number of nitrogens with zero attached hydrogens (tertiary/aromatic N) is 2. The summed E-state index contributed by atoms with van der Waals surface area (Å²) in [5.41, 5.74) is 1.90. The summed E-state index contributed by atoms with van der Waals surface area (Å²) in [6.07, 6.45) is 1.44. The van der Waals surface area contributed by atoms with Crippen LogP contribution in [-0.2, 0) is 4.79 Å². The molecule has 182 valence electrons. The van der Waals surface area contributed by atoms with Crippen molar-refractivity contribution in [2.75, 3.05) is 50.6 Å². The van der Waals surface area contributed by atoms with Crippen molar-refractivity contribution in [3.63, 3.8) is 0 Å². The third kappa shape index (κ3) is 6.51. The van der Waals surface area contributed by atoms with E-state index in [-0.39, 0.29) is 11.0 Å². The first kappa shape index (κ1) is 25.6. The summed E-state index contributed by atoms with van der Waals surface area (Å²) in [6, 6.07) is 10.4. The second kappa shape index (κ2) is 11.9. The number of carbonyl (C=O) groups is 2. The fourth-order valence-corrected chi connectivity index (χ4v) is 4.20. The number of piperazine rings is 1. The minimum atomic E-state index is -0.395. The van der Waals surface area contributed by atoms with Crippen LogP contribution in [0.2, 0.25) is 5.02 Å². The third-order valence-electron chi connectivity index (χ3n) is 5.48. The lowest BCUT2D eigenvalue weighted by Gasteiger charge is -2.36. The molecule has 0 spiro atoms. The molecule has 0 saturated carbocycles. The van der Waals surface area contributed by atoms with Gasteiger partial charge in [0.2, 0.25) is 5.91 Å². The first-order valence-corrected chi connectivity index (χ1v) is 11.8. The van der Waals surface area contributed by atoms with E-state index < -0.39 is 5.91 Å². The van der Waals surface area contributed by atoms with Gasteiger partial charge in [-0.25, -0.2) is 0 Å². The van der Waals surface area contributed by atoms with Crippen LogP contribution in [0.5, 0.6) is 11.5 Å². The van der Waals surface area contributed by atoms with Gasteiger partial charge < -0.3 is 24.6 Å². The lowest BCUT2D eigenvalue weighted by molar-refractivity contribution is -0.131. The fourth-order valence-electron chi connectivity index (χ4n) is 3.69. The molecule has 0 aromatic heterocycles. The zero-order chi connectivity index (χ0) is 24.7. The van der Waals surface area contributed by atoms with E-state index in [1.165, 1.54) is 14.2 Å². The van der Waals surface area contributed by atoms with E-state index >= 15 is 0 Å². The summed E-state index contributed by atoms with van der Waals surface area (Å²) in [6.45, 7) is 4.82. The molecule has 0 radical (unpaired) electrons. The highest BCUT2D eigenvalue weighted by Crippen LogP contribution is 2.30. The quantitative estimate of drug-likeness (QED) is 0.553. The maximum atomic E-state index is 12.6. The van der Waals surface area contributed by atoms with E-state index in [1.807, 2.05) is 24.0 Å². The van der Waals surface area contributed by atoms with Crippen LogP contribution in [0.3, 0.4) is 0 Å². The molecular formula is C24H29ClN4O4S. The lowest BCUT2D eigenvalue weighted by Crippen LogP contribution is -2.48. The maximum absolute atomic E-state index is 12.6. The van der Waals surface area contributed by atoms with E-state index in [9.17, 15) is 9.59 Å². The zero-order valence-corrected chi connectivity index (χ0v) is 21.1. The number of ether oxygens (including phenoxy) is 2. The molecule has 1 aliphatic heterocycles. The van der Waals surface area contributed by atoms with Gasteiger partial charge in [0.05, 0.1) is 24.9 Å². The van der Waals surface area contributed by atoms with Gasteiger partial charge in [-0.1, -0.05) is 18.5 Å². The van der Waals surface area contributed by atoms with Gasteiger partial charge in [-0.2, -0.15) is 0 Å². The van der Waals surface area contributed by atoms with Crippen molar-refractivity contribution in [1.82, 2.24) is 10.2 Å². The SMILES string of the molecule is CCCC(=O)N1CCN(c2ccc(NC(=S)NC(=O)c3cc(OC)cc(OC)c3)cc2Cl)CC1. The Bertz CT molecular complexity index is 1040. The van der Waals surface area contributed by atoms with Crippen LogP contribution < -0.4 is 25.0 Å². The van der Waals surface area contributed by atoms with Crippen molar-refractivity contribution < 1.29 is 19.1 Å². The fraction of sp³-hybridized carbons (Fsp3) is 0.375. The average molecular weight is 505 g/mol. The Morgan fingerprint density at radius 3 is 2.24 bits per heavy atom. The summed E-state index contributed by atoms with van der Waals surface area (Å²) in [5, 5.41) is 6.34. The lowest BCUT2D eigenvalue weighted by atomic mass is 10.2. The predicted molar refractivity (Wildman–Crippen MR) is 138 cm³/mol. The number of nitrogens with one attached hydrogen (secondary N) is 2. The molecule has 2 amide bonds. The van der Waals surface area contributed by atoms with Crippen molar-refractivity contribution in [3.8, 4) is 11.5 Å². The van der Waals surface area contributed by atoms with E-state index in [0.717, 1.165) is 25.2 Å². The molecule has 1 heterocycles. The van der Waals surface area contributed by atoms with Gasteiger partial charge in [0, 0.05) is 49.9 Å². The minimum Gasteiger partial charge on any atom is -0.497 e. The highest BCUT2D eigenvalue weighted by atomic mass is 35.5. The molecule has 0 atom stereocenters. The molecule has 2 aromatic rings. The number of halogens is 1. The van der Waals surface area contributed by atoms with E-state index in [2.05, 4.69) is 15.5 Å². The number of anilines is 2. The second-order valence-corrected chi connectivity index (χ2v) is 8.61. The number of carbonyl (C=O) groups excluding carboxylic acids is 2. The minimum absolute atomic E-state index is 0.138. The van der Waals surface area contributed by atoms with Crippen molar-refractivity contribution in [2.45, 2.75) is 19.8 Å². The first-order valence-electron chi connectivity index (χ1n) is 11.0. The topological polar surface area (TPSA) is 83.1 Å². The molecule has 8 nitrogen and oxygen atoms in total. The summed E-state index contributed by atoms with van der Waals surface area (Å²) < 4.78 is 10.4. The van der Waals surface area contributed by atoms with Gasteiger partial charge in [0.15, 0.2) is 5.11 Å². The van der Waals surface area contributed by atoms with E-state index in [1.54, 1.807) is 24.3 Å². The Labute approximate surface area is 210 Å². The van der Waals surface area contributed by atoms with Crippen LogP contribution in [0.1, 0.15) is 30.1 Å². The van der Waals surface area contributed by atoms with Gasteiger partial charge in [0.25, 0.3) is 5.91 Å². The molecule has 1 aliphatic rings. The number of hydrogen-bond acceptors (Lipinski definition) is 6. The molecule has 0 unspecified atom stereocenters. The first-order chi connectivity index (χ1) is 16.3. The Hall–Kier alpha value is -3.04. The van der Waals surface area contributed by atoms with Crippen LogP contribution in [0.4, 0.5) is 11.4 Å². The van der Waals surface area contributed by atoms with Gasteiger partial charge >= 0.3 is 0 Å². The highest BCUT2D eigenvalue weighted by molar-refractivity contribution is 7.80. The molecule has 34 heavy (non-hydrogen) atoms. The summed E-state index contributed by atoms with van der Waals surface area (Å²) >= 11 is 11.8. The summed E-state index contributed by atoms with van der Waals surface area (Å²) in [7, 11) is 3.03. The number of rotatable bonds is 7. The molecule has 2 N–H and O–H groups in total. The molecule has 1 saturated heterocycles. The third-order valence-corrected chi connectivity index (χ3v) is 5.99. The Morgan fingerprint density at radius 2 is 1.68 bits per heavy atom. The van der Waals surface area contributed by atoms with Crippen LogP contribution in [-0.4, -0.2) is 62.2 Å². The summed E-state index contributed by atoms with van der Waals surface area (Å²) in [4.78, 5) is 28.8. The Kier molecular flexibility index (Phi) is 8.95. The van der Waals surface area contributed by atoms with Gasteiger partial charge in [0.1, 0.15) is 11.5 Å². The number of hydrogen-bond donors (Lipinski definition) is 2. The smallest absolute Gasteiger partial charge is 0.257 e. The van der Waals surface area contributed by atoms with Gasteiger partial charge in [-0.05, 0) is 49.0 Å². The maximum Gasteiger partial charge on any atom is 0.257 e. The zero-order valence-electron chi connectivity index (χ0n) is 19.5. The average Bonchev–Trinajstić information content (AvgIpc) is 2.84. The Balaban J connectivity index is 1.59. The molecular weight excluding hydrogens is 476 g/mol. The largest absolute Gasteiger partial charge is 0.497 e. The van der Waals surface area contributed by atoms with Crippen LogP contribution in [0.15, 0.2) is 36.4 Å². The van der Waals surface area contributed by atoms with Gasteiger partial charge in [-0.15, -0.1) is 0 Å².